The van der Waals surface area contributed by atoms with E-state index in [0.717, 1.165) is 27.5 Å². The first-order chi connectivity index (χ1) is 14.2. The number of hydrogen-bond donors (Lipinski definition) is 1. The second-order valence-corrected chi connectivity index (χ2v) is 7.98. The third-order valence-corrected chi connectivity index (χ3v) is 6.02. The van der Waals surface area contributed by atoms with Gasteiger partial charge in [0.2, 0.25) is 0 Å². The van der Waals surface area contributed by atoms with Crippen LogP contribution in [0.4, 0.5) is 5.13 Å². The fourth-order valence-electron chi connectivity index (χ4n) is 2.79. The predicted octanol–water partition coefficient (Wildman–Crippen LogP) is 5.96. The Morgan fingerprint density at radius 2 is 1.93 bits per heavy atom. The van der Waals surface area contributed by atoms with Crippen LogP contribution in [-0.4, -0.2) is 18.0 Å². The zero-order chi connectivity index (χ0) is 20.1. The van der Waals surface area contributed by atoms with Gasteiger partial charge in [0.15, 0.2) is 10.9 Å². The highest BCUT2D eigenvalue weighted by molar-refractivity contribution is 7.98. The number of hydrogen-bond acceptors (Lipinski definition) is 6. The van der Waals surface area contributed by atoms with E-state index in [0.29, 0.717) is 16.6 Å². The first-order valence-corrected chi connectivity index (χ1v) is 10.8. The van der Waals surface area contributed by atoms with Crippen molar-refractivity contribution in [2.24, 2.45) is 0 Å². The second-order valence-electron chi connectivity index (χ2n) is 6.07. The van der Waals surface area contributed by atoms with E-state index in [-0.39, 0.29) is 5.91 Å². The van der Waals surface area contributed by atoms with E-state index in [4.69, 9.17) is 9.15 Å². The van der Waals surface area contributed by atoms with E-state index in [1.54, 1.807) is 18.9 Å². The summed E-state index contributed by atoms with van der Waals surface area (Å²) in [5, 5.41) is 5.23. The summed E-state index contributed by atoms with van der Waals surface area (Å²) in [6.07, 6.45) is 1.54. The summed E-state index contributed by atoms with van der Waals surface area (Å²) in [6, 6.07) is 19.5. The molecule has 0 spiro atoms. The Balaban J connectivity index is 1.45. The van der Waals surface area contributed by atoms with Crippen molar-refractivity contribution < 1.29 is 13.9 Å². The molecule has 0 aliphatic rings. The molecule has 29 heavy (non-hydrogen) atoms. The molecule has 0 aliphatic carbocycles. The minimum absolute atomic E-state index is 0.306. The Labute approximate surface area is 176 Å². The molecule has 7 heteroatoms. The van der Waals surface area contributed by atoms with Gasteiger partial charge < -0.3 is 9.15 Å². The first kappa shape index (κ1) is 19.3. The molecule has 0 radical (unpaired) electrons. The topological polar surface area (TPSA) is 64.4 Å². The van der Waals surface area contributed by atoms with Crippen LogP contribution < -0.4 is 10.1 Å². The summed E-state index contributed by atoms with van der Waals surface area (Å²) < 4.78 is 10.8. The highest BCUT2D eigenvalue weighted by Gasteiger charge is 2.18. The molecule has 5 nitrogen and oxygen atoms in total. The molecule has 4 rings (SSSR count). The molecule has 2 aromatic heterocycles. The minimum Gasteiger partial charge on any atom is -0.496 e. The molecular weight excluding hydrogens is 404 g/mol. The van der Waals surface area contributed by atoms with Crippen molar-refractivity contribution in [1.82, 2.24) is 4.98 Å². The fraction of sp³-hybridized carbons (Fsp3) is 0.0909. The molecule has 0 saturated carbocycles. The maximum Gasteiger partial charge on any atom is 0.293 e. The maximum absolute atomic E-state index is 12.7. The van der Waals surface area contributed by atoms with Crippen LogP contribution in [0.1, 0.15) is 16.1 Å². The van der Waals surface area contributed by atoms with Gasteiger partial charge in [-0.3, -0.25) is 10.1 Å². The normalized spacial score (nSPS) is 10.7. The van der Waals surface area contributed by atoms with Gasteiger partial charge in [0.1, 0.15) is 5.75 Å². The molecular formula is C22H18N2O3S2. The standard InChI is InChI=1S/C22H18N2O3S2/c1-26-19-10-6-5-9-17(19)18-14-29-22(23-18)24-21(25)20-15(11-12-27-20)13-28-16-7-3-2-4-8-16/h2-12,14H,13H2,1H3,(H,23,24,25). The predicted molar refractivity (Wildman–Crippen MR) is 117 cm³/mol. The lowest BCUT2D eigenvalue weighted by Gasteiger charge is -2.05. The molecule has 0 aliphatic heterocycles. The van der Waals surface area contributed by atoms with E-state index in [2.05, 4.69) is 10.3 Å². The largest absolute Gasteiger partial charge is 0.496 e. The molecule has 0 saturated heterocycles. The molecule has 4 aromatic rings. The lowest BCUT2D eigenvalue weighted by molar-refractivity contribution is 0.0996. The molecule has 146 valence electrons. The number of anilines is 1. The maximum atomic E-state index is 12.7. The van der Waals surface area contributed by atoms with Crippen LogP contribution in [0, 0.1) is 0 Å². The summed E-state index contributed by atoms with van der Waals surface area (Å²) >= 11 is 3.01. The van der Waals surface area contributed by atoms with Crippen molar-refractivity contribution in [1.29, 1.82) is 0 Å². The van der Waals surface area contributed by atoms with Crippen molar-refractivity contribution in [3.8, 4) is 17.0 Å². The summed E-state index contributed by atoms with van der Waals surface area (Å²) in [7, 11) is 1.62. The quantitative estimate of drug-likeness (QED) is 0.373. The van der Waals surface area contributed by atoms with Crippen LogP contribution in [0.3, 0.4) is 0 Å². The number of thiazole rings is 1. The number of carbonyl (C=O) groups excluding carboxylic acids is 1. The Morgan fingerprint density at radius 1 is 1.14 bits per heavy atom. The van der Waals surface area contributed by atoms with Gasteiger partial charge in [-0.25, -0.2) is 4.98 Å². The smallest absolute Gasteiger partial charge is 0.293 e. The Kier molecular flexibility index (Phi) is 5.97. The van der Waals surface area contributed by atoms with Crippen molar-refractivity contribution >= 4 is 34.1 Å². The molecule has 0 unspecified atom stereocenters. The molecule has 0 fully saturated rings. The minimum atomic E-state index is -0.306. The van der Waals surface area contributed by atoms with E-state index in [1.165, 1.54) is 17.6 Å². The lowest BCUT2D eigenvalue weighted by atomic mass is 10.1. The van der Waals surface area contributed by atoms with Crippen molar-refractivity contribution in [2.45, 2.75) is 10.6 Å². The van der Waals surface area contributed by atoms with Gasteiger partial charge in [-0.1, -0.05) is 30.3 Å². The van der Waals surface area contributed by atoms with E-state index in [1.807, 2.05) is 66.0 Å². The fourth-order valence-corrected chi connectivity index (χ4v) is 4.40. The number of nitrogens with one attached hydrogen (secondary N) is 1. The number of furan rings is 1. The molecule has 1 amide bonds. The summed E-state index contributed by atoms with van der Waals surface area (Å²) in [4.78, 5) is 18.4. The van der Waals surface area contributed by atoms with Gasteiger partial charge in [-0.15, -0.1) is 23.1 Å². The van der Waals surface area contributed by atoms with Crippen molar-refractivity contribution in [3.63, 3.8) is 0 Å². The zero-order valence-electron chi connectivity index (χ0n) is 15.6. The number of para-hydroxylation sites is 1. The number of methoxy groups -OCH3 is 1. The number of benzene rings is 2. The first-order valence-electron chi connectivity index (χ1n) is 8.89. The van der Waals surface area contributed by atoms with Crippen molar-refractivity contribution in [3.05, 3.63) is 83.6 Å². The third-order valence-electron chi connectivity index (χ3n) is 4.20. The summed E-state index contributed by atoms with van der Waals surface area (Å²) in [5.74, 6) is 1.39. The molecule has 2 aromatic carbocycles. The van der Waals surface area contributed by atoms with E-state index in [9.17, 15) is 4.79 Å². The van der Waals surface area contributed by atoms with Crippen LogP contribution >= 0.6 is 23.1 Å². The van der Waals surface area contributed by atoms with Crippen LogP contribution in [-0.2, 0) is 5.75 Å². The average molecular weight is 423 g/mol. The lowest BCUT2D eigenvalue weighted by Crippen LogP contribution is -2.12. The average Bonchev–Trinajstić information content (AvgIpc) is 3.42. The van der Waals surface area contributed by atoms with Crippen LogP contribution in [0.2, 0.25) is 0 Å². The third kappa shape index (κ3) is 4.52. The zero-order valence-corrected chi connectivity index (χ0v) is 17.3. The monoisotopic (exact) mass is 422 g/mol. The number of carbonyl (C=O) groups is 1. The Bertz CT molecular complexity index is 1110. The highest BCUT2D eigenvalue weighted by atomic mass is 32.2. The molecule has 1 N–H and O–H groups in total. The Morgan fingerprint density at radius 3 is 2.76 bits per heavy atom. The van der Waals surface area contributed by atoms with Gasteiger partial charge in [-0.2, -0.15) is 0 Å². The summed E-state index contributed by atoms with van der Waals surface area (Å²) in [6.45, 7) is 0. The van der Waals surface area contributed by atoms with Crippen LogP contribution in [0.5, 0.6) is 5.75 Å². The summed E-state index contributed by atoms with van der Waals surface area (Å²) in [5.41, 5.74) is 2.48. The SMILES string of the molecule is COc1ccccc1-c1csc(NC(=O)c2occc2CSc2ccccc2)n1. The van der Waals surface area contributed by atoms with Gasteiger partial charge in [0.25, 0.3) is 5.91 Å². The van der Waals surface area contributed by atoms with Crippen LogP contribution in [0.25, 0.3) is 11.3 Å². The van der Waals surface area contributed by atoms with Gasteiger partial charge in [0.05, 0.1) is 19.1 Å². The number of amides is 1. The van der Waals surface area contributed by atoms with Gasteiger partial charge >= 0.3 is 0 Å². The Hall–Kier alpha value is -3.03. The van der Waals surface area contributed by atoms with Gasteiger partial charge in [0, 0.05) is 27.2 Å². The van der Waals surface area contributed by atoms with Gasteiger partial charge in [-0.05, 0) is 30.3 Å². The highest BCUT2D eigenvalue weighted by Crippen LogP contribution is 2.32. The molecule has 2 heterocycles. The number of aromatic nitrogens is 1. The molecule has 0 bridgehead atoms. The van der Waals surface area contributed by atoms with Crippen LogP contribution in [0.15, 0.2) is 81.6 Å². The number of nitrogens with zero attached hydrogens (tertiary/aromatic N) is 1. The van der Waals surface area contributed by atoms with E-state index < -0.39 is 0 Å². The number of ether oxygens (including phenoxy) is 1. The van der Waals surface area contributed by atoms with E-state index >= 15 is 0 Å². The second kappa shape index (κ2) is 8.98. The number of rotatable bonds is 7. The number of thioether (sulfide) groups is 1. The van der Waals surface area contributed by atoms with Crippen molar-refractivity contribution in [2.75, 3.05) is 12.4 Å². The molecule has 0 atom stereocenters.